The lowest BCUT2D eigenvalue weighted by atomic mass is 10.1. The molecule has 1 heterocycles. The van der Waals surface area contributed by atoms with Crippen LogP contribution in [0, 0.1) is 6.92 Å². The Balaban J connectivity index is 2.37. The lowest BCUT2D eigenvalue weighted by Gasteiger charge is -2.23. The Morgan fingerprint density at radius 2 is 1.71 bits per heavy atom. The normalized spacial score (nSPS) is 15.8. The van der Waals surface area contributed by atoms with E-state index < -0.39 is 0 Å². The number of aromatic nitrogens is 2. The third-order valence-corrected chi connectivity index (χ3v) is 2.84. The second-order valence-electron chi connectivity index (χ2n) is 5.80. The highest BCUT2D eigenvalue weighted by Gasteiger charge is 2.28. The maximum atomic E-state index is 4.67. The summed E-state index contributed by atoms with van der Waals surface area (Å²) in [5, 5.41) is 6.61. The van der Waals surface area contributed by atoms with Crippen molar-refractivity contribution in [2.24, 2.45) is 0 Å². The molecule has 4 heteroatoms. The van der Waals surface area contributed by atoms with Crippen molar-refractivity contribution in [2.45, 2.75) is 52.0 Å². The summed E-state index contributed by atoms with van der Waals surface area (Å²) in [6, 6.07) is 0. The molecule has 0 spiro atoms. The lowest BCUT2D eigenvalue weighted by molar-refractivity contribution is 0.628. The van der Waals surface area contributed by atoms with E-state index in [9.17, 15) is 0 Å². The van der Waals surface area contributed by atoms with Crippen molar-refractivity contribution in [3.63, 3.8) is 0 Å². The summed E-state index contributed by atoms with van der Waals surface area (Å²) in [5.74, 6) is 3.45. The molecule has 0 aromatic carbocycles. The molecule has 2 rings (SSSR count). The Hall–Kier alpha value is -1.32. The molecule has 1 aliphatic carbocycles. The van der Waals surface area contributed by atoms with Gasteiger partial charge in [-0.2, -0.15) is 0 Å². The van der Waals surface area contributed by atoms with Crippen molar-refractivity contribution in [3.8, 4) is 0 Å². The average molecular weight is 234 g/mol. The molecule has 0 aliphatic heterocycles. The zero-order valence-corrected chi connectivity index (χ0v) is 11.4. The van der Waals surface area contributed by atoms with E-state index in [2.05, 4.69) is 48.3 Å². The van der Waals surface area contributed by atoms with Gasteiger partial charge in [-0.25, -0.2) is 9.97 Å². The molecular weight excluding hydrogens is 212 g/mol. The first-order chi connectivity index (χ1) is 7.90. The predicted octanol–water partition coefficient (Wildman–Crippen LogP) is 2.91. The van der Waals surface area contributed by atoms with Gasteiger partial charge in [-0.15, -0.1) is 0 Å². The molecule has 0 atom stereocenters. The Labute approximate surface area is 103 Å². The van der Waals surface area contributed by atoms with Gasteiger partial charge in [-0.3, -0.25) is 0 Å². The van der Waals surface area contributed by atoms with Crippen LogP contribution in [0.3, 0.4) is 0 Å². The molecule has 94 valence electrons. The van der Waals surface area contributed by atoms with Crippen molar-refractivity contribution in [2.75, 3.05) is 17.7 Å². The summed E-state index contributed by atoms with van der Waals surface area (Å²) in [5.41, 5.74) is 1.11. The van der Waals surface area contributed by atoms with Gasteiger partial charge in [0.15, 0.2) is 0 Å². The number of nitrogens with zero attached hydrogens (tertiary/aromatic N) is 2. The van der Waals surface area contributed by atoms with Crippen LogP contribution in [0.15, 0.2) is 0 Å². The Kier molecular flexibility index (Phi) is 2.98. The second-order valence-corrected chi connectivity index (χ2v) is 5.80. The number of rotatable bonds is 3. The first-order valence-electron chi connectivity index (χ1n) is 6.25. The van der Waals surface area contributed by atoms with Gasteiger partial charge < -0.3 is 10.6 Å². The first-order valence-corrected chi connectivity index (χ1v) is 6.25. The molecule has 1 saturated carbocycles. The van der Waals surface area contributed by atoms with Crippen LogP contribution in [0.5, 0.6) is 0 Å². The quantitative estimate of drug-likeness (QED) is 0.844. The molecule has 0 unspecified atom stereocenters. The first kappa shape index (κ1) is 12.1. The van der Waals surface area contributed by atoms with E-state index in [0.29, 0.717) is 5.92 Å². The van der Waals surface area contributed by atoms with Gasteiger partial charge in [-0.1, -0.05) is 0 Å². The average Bonchev–Trinajstić information content (AvgIpc) is 3.02. The minimum absolute atomic E-state index is 0.0188. The fraction of sp³-hybridized carbons (Fsp3) is 0.692. The summed E-state index contributed by atoms with van der Waals surface area (Å²) < 4.78 is 0. The van der Waals surface area contributed by atoms with Crippen LogP contribution in [-0.4, -0.2) is 22.6 Å². The summed E-state index contributed by atoms with van der Waals surface area (Å²) in [6.45, 7) is 8.48. The van der Waals surface area contributed by atoms with Gasteiger partial charge in [0.1, 0.15) is 17.5 Å². The highest BCUT2D eigenvalue weighted by Crippen LogP contribution is 2.39. The number of nitrogens with one attached hydrogen (secondary N) is 2. The highest BCUT2D eigenvalue weighted by atomic mass is 15.1. The summed E-state index contributed by atoms with van der Waals surface area (Å²) in [7, 11) is 1.91. The van der Waals surface area contributed by atoms with Crippen LogP contribution >= 0.6 is 0 Å². The fourth-order valence-corrected chi connectivity index (χ4v) is 1.78. The van der Waals surface area contributed by atoms with Crippen molar-refractivity contribution < 1.29 is 0 Å². The zero-order chi connectivity index (χ0) is 12.6. The predicted molar refractivity (Wildman–Crippen MR) is 71.7 cm³/mol. The van der Waals surface area contributed by atoms with Crippen LogP contribution < -0.4 is 10.6 Å². The molecule has 0 saturated heterocycles. The van der Waals surface area contributed by atoms with Crippen LogP contribution in [0.4, 0.5) is 11.6 Å². The van der Waals surface area contributed by atoms with Gasteiger partial charge >= 0.3 is 0 Å². The molecule has 2 N–H and O–H groups in total. The van der Waals surface area contributed by atoms with E-state index in [4.69, 9.17) is 0 Å². The highest BCUT2D eigenvalue weighted by molar-refractivity contribution is 5.58. The van der Waals surface area contributed by atoms with Gasteiger partial charge in [-0.05, 0) is 40.5 Å². The van der Waals surface area contributed by atoms with Crippen molar-refractivity contribution in [3.05, 3.63) is 11.4 Å². The van der Waals surface area contributed by atoms with Crippen molar-refractivity contribution in [1.82, 2.24) is 9.97 Å². The summed E-state index contributed by atoms with van der Waals surface area (Å²) in [6.07, 6.45) is 2.45. The third-order valence-electron chi connectivity index (χ3n) is 2.84. The minimum Gasteiger partial charge on any atom is -0.373 e. The Morgan fingerprint density at radius 1 is 1.12 bits per heavy atom. The van der Waals surface area contributed by atoms with E-state index in [1.807, 2.05) is 7.05 Å². The zero-order valence-electron chi connectivity index (χ0n) is 11.4. The van der Waals surface area contributed by atoms with E-state index in [1.54, 1.807) is 0 Å². The SMILES string of the molecule is CNc1nc(C2CC2)nc(NC(C)(C)C)c1C. The van der Waals surface area contributed by atoms with Crippen LogP contribution in [0.2, 0.25) is 0 Å². The molecule has 1 aromatic heterocycles. The van der Waals surface area contributed by atoms with Crippen LogP contribution in [0.25, 0.3) is 0 Å². The second kappa shape index (κ2) is 4.17. The molecule has 4 nitrogen and oxygen atoms in total. The molecule has 0 bridgehead atoms. The Bertz CT molecular complexity index is 416. The van der Waals surface area contributed by atoms with E-state index in [0.717, 1.165) is 23.0 Å². The summed E-state index contributed by atoms with van der Waals surface area (Å²) in [4.78, 5) is 9.25. The maximum absolute atomic E-state index is 4.67. The smallest absolute Gasteiger partial charge is 0.136 e. The molecule has 0 amide bonds. The van der Waals surface area contributed by atoms with Gasteiger partial charge in [0.2, 0.25) is 0 Å². The standard InChI is InChI=1S/C13H22N4/c1-8-10(14-5)15-12(9-6-7-9)16-11(8)17-13(2,3)4/h9H,6-7H2,1-5H3,(H2,14,15,16,17). The topological polar surface area (TPSA) is 49.8 Å². The Morgan fingerprint density at radius 3 is 2.18 bits per heavy atom. The van der Waals surface area contributed by atoms with Crippen molar-refractivity contribution >= 4 is 11.6 Å². The lowest BCUT2D eigenvalue weighted by Crippen LogP contribution is -2.27. The number of hydrogen-bond acceptors (Lipinski definition) is 4. The van der Waals surface area contributed by atoms with Crippen molar-refractivity contribution in [1.29, 1.82) is 0 Å². The molecule has 1 aliphatic rings. The van der Waals surface area contributed by atoms with E-state index in [-0.39, 0.29) is 5.54 Å². The number of hydrogen-bond donors (Lipinski definition) is 2. The van der Waals surface area contributed by atoms with E-state index in [1.165, 1.54) is 12.8 Å². The molecule has 1 aromatic rings. The monoisotopic (exact) mass is 234 g/mol. The molecular formula is C13H22N4. The fourth-order valence-electron chi connectivity index (χ4n) is 1.78. The molecule has 17 heavy (non-hydrogen) atoms. The molecule has 1 fully saturated rings. The largest absolute Gasteiger partial charge is 0.373 e. The van der Waals surface area contributed by atoms with E-state index >= 15 is 0 Å². The van der Waals surface area contributed by atoms with Gasteiger partial charge in [0.25, 0.3) is 0 Å². The third kappa shape index (κ3) is 2.87. The number of anilines is 2. The minimum atomic E-state index is 0.0188. The van der Waals surface area contributed by atoms with Crippen LogP contribution in [-0.2, 0) is 0 Å². The van der Waals surface area contributed by atoms with Crippen LogP contribution in [0.1, 0.15) is 50.9 Å². The summed E-state index contributed by atoms with van der Waals surface area (Å²) >= 11 is 0. The van der Waals surface area contributed by atoms with Gasteiger partial charge in [0, 0.05) is 24.1 Å². The maximum Gasteiger partial charge on any atom is 0.136 e. The van der Waals surface area contributed by atoms with Gasteiger partial charge in [0.05, 0.1) is 0 Å². The molecule has 0 radical (unpaired) electrons.